The van der Waals surface area contributed by atoms with E-state index in [0.717, 1.165) is 0 Å². The molecule has 0 unspecified atom stereocenters. The zero-order valence-electron chi connectivity index (χ0n) is 13.0. The van der Waals surface area contributed by atoms with Crippen LogP contribution in [0.15, 0.2) is 57.8 Å². The van der Waals surface area contributed by atoms with Gasteiger partial charge >= 0.3 is 11.4 Å². The first-order valence-electron chi connectivity index (χ1n) is 7.19. The predicted octanol–water partition coefficient (Wildman–Crippen LogP) is 3.78. The maximum absolute atomic E-state index is 12.0. The zero-order valence-corrected chi connectivity index (χ0v) is 14.6. The van der Waals surface area contributed by atoms with E-state index >= 15 is 0 Å². The Bertz CT molecular complexity index is 1000. The molecule has 3 aromatic rings. The molecule has 1 aromatic heterocycles. The van der Waals surface area contributed by atoms with Gasteiger partial charge in [-0.2, -0.15) is 4.98 Å². The number of methoxy groups -OCH3 is 1. The van der Waals surface area contributed by atoms with Gasteiger partial charge in [0.2, 0.25) is 0 Å². The summed E-state index contributed by atoms with van der Waals surface area (Å²) in [5.74, 6) is 0.569. The Morgan fingerprint density at radius 2 is 1.88 bits per heavy atom. The Morgan fingerprint density at radius 1 is 1.16 bits per heavy atom. The molecule has 2 aromatic carbocycles. The molecule has 0 saturated carbocycles. The van der Waals surface area contributed by atoms with E-state index in [4.69, 9.17) is 4.74 Å². The van der Waals surface area contributed by atoms with Gasteiger partial charge in [-0.25, -0.2) is 4.79 Å². The monoisotopic (exact) mass is 401 g/mol. The summed E-state index contributed by atoms with van der Waals surface area (Å²) in [7, 11) is 1.52. The number of nitrogens with zero attached hydrogens (tertiary/aromatic N) is 2. The number of hydrogen-bond donors (Lipinski definition) is 1. The van der Waals surface area contributed by atoms with Crippen LogP contribution in [0, 0.1) is 10.1 Å². The van der Waals surface area contributed by atoms with Gasteiger partial charge < -0.3 is 4.74 Å². The molecule has 0 spiro atoms. The Labute approximate surface area is 150 Å². The first kappa shape index (κ1) is 16.8. The highest BCUT2D eigenvalue weighted by Crippen LogP contribution is 2.37. The summed E-state index contributed by atoms with van der Waals surface area (Å²) in [6.45, 7) is 0. The fourth-order valence-electron chi connectivity index (χ4n) is 2.47. The lowest BCUT2D eigenvalue weighted by Crippen LogP contribution is -2.15. The van der Waals surface area contributed by atoms with E-state index in [1.165, 1.54) is 7.11 Å². The molecular formula is C17H12BrN3O4. The van der Waals surface area contributed by atoms with E-state index < -0.39 is 10.6 Å². The molecule has 7 nitrogen and oxygen atoms in total. The summed E-state index contributed by atoms with van der Waals surface area (Å²) < 4.78 is 5.76. The molecule has 3 rings (SSSR count). The van der Waals surface area contributed by atoms with Gasteiger partial charge in [0, 0.05) is 11.1 Å². The van der Waals surface area contributed by atoms with Crippen LogP contribution in [0.2, 0.25) is 0 Å². The number of aromatic amines is 1. The van der Waals surface area contributed by atoms with Crippen molar-refractivity contribution in [1.82, 2.24) is 9.97 Å². The summed E-state index contributed by atoms with van der Waals surface area (Å²) >= 11 is 3.34. The van der Waals surface area contributed by atoms with Crippen LogP contribution >= 0.6 is 15.9 Å². The van der Waals surface area contributed by atoms with Crippen LogP contribution in [0.25, 0.3) is 22.5 Å². The van der Waals surface area contributed by atoms with Gasteiger partial charge in [0.1, 0.15) is 11.4 Å². The summed E-state index contributed by atoms with van der Waals surface area (Å²) in [5, 5.41) is 11.7. The number of aromatic nitrogens is 2. The second-order valence-corrected chi connectivity index (χ2v) is 5.94. The molecule has 25 heavy (non-hydrogen) atoms. The van der Waals surface area contributed by atoms with E-state index in [1.807, 2.05) is 0 Å². The van der Waals surface area contributed by atoms with Crippen molar-refractivity contribution in [1.29, 1.82) is 0 Å². The summed E-state index contributed by atoms with van der Waals surface area (Å²) in [5.41, 5.74) is 0.156. The van der Waals surface area contributed by atoms with Crippen LogP contribution in [-0.4, -0.2) is 22.0 Å². The third-order valence-corrected chi connectivity index (χ3v) is 4.20. The van der Waals surface area contributed by atoms with Gasteiger partial charge in [0.05, 0.1) is 16.5 Å². The number of rotatable bonds is 4. The largest absolute Gasteiger partial charge is 0.496 e. The number of H-pyrrole nitrogens is 1. The first-order chi connectivity index (χ1) is 12.0. The highest BCUT2D eigenvalue weighted by Gasteiger charge is 2.25. The maximum Gasteiger partial charge on any atom is 0.346 e. The molecule has 1 N–H and O–H groups in total. The number of halogens is 1. The minimum absolute atomic E-state index is 0.00374. The second kappa shape index (κ2) is 6.86. The predicted molar refractivity (Wildman–Crippen MR) is 96.6 cm³/mol. The fraction of sp³-hybridized carbons (Fsp3) is 0.0588. The van der Waals surface area contributed by atoms with Gasteiger partial charge in [-0.05, 0) is 34.1 Å². The normalized spacial score (nSPS) is 10.5. The van der Waals surface area contributed by atoms with Gasteiger partial charge in [-0.15, -0.1) is 0 Å². The van der Waals surface area contributed by atoms with Crippen LogP contribution in [0.4, 0.5) is 5.69 Å². The lowest BCUT2D eigenvalue weighted by atomic mass is 10.0. The number of nitrogens with one attached hydrogen (secondary N) is 1. The van der Waals surface area contributed by atoms with E-state index in [9.17, 15) is 14.9 Å². The summed E-state index contributed by atoms with van der Waals surface area (Å²) in [6, 6.07) is 13.5. The molecular weight excluding hydrogens is 390 g/mol. The van der Waals surface area contributed by atoms with Crippen LogP contribution < -0.4 is 10.4 Å². The average Bonchev–Trinajstić information content (AvgIpc) is 2.61. The van der Waals surface area contributed by atoms with Crippen molar-refractivity contribution in [2.24, 2.45) is 0 Å². The van der Waals surface area contributed by atoms with E-state index in [-0.39, 0.29) is 17.1 Å². The Balaban J connectivity index is 2.30. The molecule has 0 bridgehead atoms. The minimum atomic E-state index is -0.661. The number of hydrogen-bond acceptors (Lipinski definition) is 5. The van der Waals surface area contributed by atoms with Crippen LogP contribution in [0.5, 0.6) is 5.75 Å². The average molecular weight is 402 g/mol. The molecule has 8 heteroatoms. The van der Waals surface area contributed by atoms with Crippen molar-refractivity contribution in [2.75, 3.05) is 7.11 Å². The van der Waals surface area contributed by atoms with Crippen molar-refractivity contribution in [3.63, 3.8) is 0 Å². The van der Waals surface area contributed by atoms with Crippen molar-refractivity contribution < 1.29 is 9.66 Å². The molecule has 0 atom stereocenters. The lowest BCUT2D eigenvalue weighted by Gasteiger charge is -2.09. The standard InChI is InChI=1S/C17H12BrN3O4/c1-25-13-8-7-11(9-12(13)18)15-16(21(23)24)14(19-17(22)20-15)10-5-3-2-4-6-10/h2-9H,1H3,(H,19,20,22). The smallest absolute Gasteiger partial charge is 0.346 e. The Hall–Kier alpha value is -3.00. The van der Waals surface area contributed by atoms with Gasteiger partial charge in [0.15, 0.2) is 5.69 Å². The topological polar surface area (TPSA) is 98.1 Å². The number of ether oxygens (including phenoxy) is 1. The zero-order chi connectivity index (χ0) is 18.0. The quantitative estimate of drug-likeness (QED) is 0.529. The number of nitro groups is 1. The van der Waals surface area contributed by atoms with Crippen molar-refractivity contribution >= 4 is 21.6 Å². The summed E-state index contributed by atoms with van der Waals surface area (Å²) in [4.78, 5) is 29.5. The summed E-state index contributed by atoms with van der Waals surface area (Å²) in [6.07, 6.45) is 0. The minimum Gasteiger partial charge on any atom is -0.496 e. The Kier molecular flexibility index (Phi) is 4.62. The molecule has 0 fully saturated rings. The fourth-order valence-corrected chi connectivity index (χ4v) is 3.01. The highest BCUT2D eigenvalue weighted by atomic mass is 79.9. The Morgan fingerprint density at radius 3 is 2.48 bits per heavy atom. The molecule has 0 radical (unpaired) electrons. The maximum atomic E-state index is 12.0. The molecule has 1 heterocycles. The molecule has 0 aliphatic carbocycles. The van der Waals surface area contributed by atoms with Crippen LogP contribution in [0.1, 0.15) is 0 Å². The van der Waals surface area contributed by atoms with E-state index in [2.05, 4.69) is 25.9 Å². The van der Waals surface area contributed by atoms with Crippen LogP contribution in [-0.2, 0) is 0 Å². The van der Waals surface area contributed by atoms with Gasteiger partial charge in [-0.1, -0.05) is 30.3 Å². The highest BCUT2D eigenvalue weighted by molar-refractivity contribution is 9.10. The van der Waals surface area contributed by atoms with Crippen molar-refractivity contribution in [2.45, 2.75) is 0 Å². The van der Waals surface area contributed by atoms with Crippen molar-refractivity contribution in [3.05, 3.63) is 73.6 Å². The van der Waals surface area contributed by atoms with Gasteiger partial charge in [0.25, 0.3) is 0 Å². The van der Waals surface area contributed by atoms with Crippen molar-refractivity contribution in [3.8, 4) is 28.3 Å². The second-order valence-electron chi connectivity index (χ2n) is 5.09. The van der Waals surface area contributed by atoms with Crippen LogP contribution in [0.3, 0.4) is 0 Å². The van der Waals surface area contributed by atoms with E-state index in [1.54, 1.807) is 48.5 Å². The third kappa shape index (κ3) is 3.29. The molecule has 0 aliphatic rings. The lowest BCUT2D eigenvalue weighted by molar-refractivity contribution is -0.383. The number of benzene rings is 2. The molecule has 0 aliphatic heterocycles. The molecule has 0 amide bonds. The molecule has 0 saturated heterocycles. The van der Waals surface area contributed by atoms with Gasteiger partial charge in [-0.3, -0.25) is 15.1 Å². The molecule has 126 valence electrons. The first-order valence-corrected chi connectivity index (χ1v) is 7.98. The van der Waals surface area contributed by atoms with E-state index in [0.29, 0.717) is 21.3 Å². The SMILES string of the molecule is COc1ccc(-c2nc(=O)[nH]c(-c3ccccc3)c2[N+](=O)[O-])cc1Br. The third-order valence-electron chi connectivity index (χ3n) is 3.58.